The van der Waals surface area contributed by atoms with Gasteiger partial charge in [0.2, 0.25) is 0 Å². The molecular weight excluding hydrogens is 372 g/mol. The summed E-state index contributed by atoms with van der Waals surface area (Å²) < 4.78 is 0. The van der Waals surface area contributed by atoms with Gasteiger partial charge in [-0.25, -0.2) is 4.98 Å². The standard InChI is InChI=1S/C19H28BrClN2/c1-2-3-4-5-6-7-8-9-15-10-11-17-18(12-15)23-19(22-17)13-16(21)14-20/h10-12,16H,2-9,13-14H2,1H3,(H,22,23). The van der Waals surface area contributed by atoms with Gasteiger partial charge in [-0.2, -0.15) is 0 Å². The molecule has 1 N–H and O–H groups in total. The maximum absolute atomic E-state index is 6.18. The van der Waals surface area contributed by atoms with Crippen molar-refractivity contribution < 1.29 is 0 Å². The number of hydrogen-bond acceptors (Lipinski definition) is 1. The number of halogens is 2. The predicted molar refractivity (Wildman–Crippen MR) is 105 cm³/mol. The lowest BCUT2D eigenvalue weighted by Crippen LogP contribution is -2.05. The smallest absolute Gasteiger partial charge is 0.108 e. The number of hydrogen-bond donors (Lipinski definition) is 1. The average Bonchev–Trinajstić information content (AvgIpc) is 2.95. The molecule has 0 bridgehead atoms. The van der Waals surface area contributed by atoms with Crippen LogP contribution in [0.2, 0.25) is 0 Å². The van der Waals surface area contributed by atoms with Gasteiger partial charge in [-0.15, -0.1) is 11.6 Å². The van der Waals surface area contributed by atoms with E-state index < -0.39 is 0 Å². The molecule has 128 valence electrons. The van der Waals surface area contributed by atoms with Gasteiger partial charge in [-0.3, -0.25) is 0 Å². The number of aromatic amines is 1. The van der Waals surface area contributed by atoms with Gasteiger partial charge in [0.1, 0.15) is 5.82 Å². The van der Waals surface area contributed by atoms with E-state index in [4.69, 9.17) is 11.6 Å². The van der Waals surface area contributed by atoms with Gasteiger partial charge in [-0.05, 0) is 30.5 Å². The Morgan fingerprint density at radius 3 is 2.61 bits per heavy atom. The number of rotatable bonds is 11. The van der Waals surface area contributed by atoms with Crippen molar-refractivity contribution in [2.45, 2.75) is 70.1 Å². The molecule has 1 unspecified atom stereocenters. The van der Waals surface area contributed by atoms with E-state index in [1.54, 1.807) is 0 Å². The summed E-state index contributed by atoms with van der Waals surface area (Å²) in [5, 5.41) is 0.873. The highest BCUT2D eigenvalue weighted by Gasteiger charge is 2.09. The molecule has 2 rings (SSSR count). The monoisotopic (exact) mass is 398 g/mol. The third kappa shape index (κ3) is 6.46. The zero-order chi connectivity index (χ0) is 16.5. The number of H-pyrrole nitrogens is 1. The number of nitrogens with zero attached hydrogens (tertiary/aromatic N) is 1. The van der Waals surface area contributed by atoms with Crippen LogP contribution in [0.5, 0.6) is 0 Å². The molecule has 0 saturated carbocycles. The Morgan fingerprint density at radius 2 is 1.87 bits per heavy atom. The minimum absolute atomic E-state index is 0.0859. The van der Waals surface area contributed by atoms with Crippen LogP contribution in [0.25, 0.3) is 11.0 Å². The Kier molecular flexibility index (Phi) is 8.46. The highest BCUT2D eigenvalue weighted by atomic mass is 79.9. The van der Waals surface area contributed by atoms with Crippen molar-refractivity contribution in [1.82, 2.24) is 9.97 Å². The lowest BCUT2D eigenvalue weighted by atomic mass is 10.0. The minimum Gasteiger partial charge on any atom is -0.342 e. The van der Waals surface area contributed by atoms with Crippen molar-refractivity contribution in [3.63, 3.8) is 0 Å². The second-order valence-corrected chi connectivity index (χ2v) is 7.63. The molecule has 2 nitrogen and oxygen atoms in total. The molecule has 23 heavy (non-hydrogen) atoms. The van der Waals surface area contributed by atoms with Crippen molar-refractivity contribution >= 4 is 38.6 Å². The van der Waals surface area contributed by atoms with Crippen LogP contribution in [-0.4, -0.2) is 20.7 Å². The van der Waals surface area contributed by atoms with Crippen LogP contribution in [0, 0.1) is 0 Å². The van der Waals surface area contributed by atoms with Gasteiger partial charge in [0.15, 0.2) is 0 Å². The van der Waals surface area contributed by atoms with E-state index in [2.05, 4.69) is 51.0 Å². The molecule has 0 spiro atoms. The van der Waals surface area contributed by atoms with Gasteiger partial charge in [0.25, 0.3) is 0 Å². The van der Waals surface area contributed by atoms with Crippen molar-refractivity contribution in [2.24, 2.45) is 0 Å². The van der Waals surface area contributed by atoms with Gasteiger partial charge in [0, 0.05) is 11.8 Å². The summed E-state index contributed by atoms with van der Waals surface area (Å²) in [4.78, 5) is 8.05. The van der Waals surface area contributed by atoms with E-state index >= 15 is 0 Å². The summed E-state index contributed by atoms with van der Waals surface area (Å²) >= 11 is 9.59. The molecule has 0 radical (unpaired) electrons. The number of nitrogens with one attached hydrogen (secondary N) is 1. The second kappa shape index (κ2) is 10.4. The normalized spacial score (nSPS) is 12.8. The van der Waals surface area contributed by atoms with Gasteiger partial charge < -0.3 is 4.98 Å². The second-order valence-electron chi connectivity index (χ2n) is 6.36. The van der Waals surface area contributed by atoms with Crippen LogP contribution >= 0.6 is 27.5 Å². The fraction of sp³-hybridized carbons (Fsp3) is 0.632. The molecule has 1 heterocycles. The highest BCUT2D eigenvalue weighted by molar-refractivity contribution is 9.09. The molecule has 0 aliphatic heterocycles. The van der Waals surface area contributed by atoms with Gasteiger partial charge >= 0.3 is 0 Å². The number of imidazole rings is 1. The first-order valence-corrected chi connectivity index (χ1v) is 10.5. The quantitative estimate of drug-likeness (QED) is 0.343. The molecule has 1 atom stereocenters. The predicted octanol–water partition coefficient (Wildman–Crippen LogP) is 6.40. The van der Waals surface area contributed by atoms with E-state index in [1.165, 1.54) is 50.5 Å². The zero-order valence-electron chi connectivity index (χ0n) is 14.1. The van der Waals surface area contributed by atoms with Crippen molar-refractivity contribution in [2.75, 3.05) is 5.33 Å². The number of benzene rings is 1. The van der Waals surface area contributed by atoms with Crippen LogP contribution in [0.15, 0.2) is 18.2 Å². The third-order valence-corrected chi connectivity index (χ3v) is 5.71. The molecule has 0 saturated heterocycles. The van der Waals surface area contributed by atoms with E-state index in [1.807, 2.05) is 0 Å². The number of aryl methyl sites for hydroxylation is 1. The maximum atomic E-state index is 6.18. The lowest BCUT2D eigenvalue weighted by Gasteiger charge is -2.02. The average molecular weight is 400 g/mol. The Balaban J connectivity index is 1.80. The van der Waals surface area contributed by atoms with Gasteiger partial charge in [-0.1, -0.05) is 67.4 Å². The van der Waals surface area contributed by atoms with Crippen molar-refractivity contribution in [3.8, 4) is 0 Å². The fourth-order valence-electron chi connectivity index (χ4n) is 2.91. The Labute approximate surface area is 153 Å². The summed E-state index contributed by atoms with van der Waals surface area (Å²) in [6, 6.07) is 6.60. The minimum atomic E-state index is 0.0859. The fourth-order valence-corrected chi connectivity index (χ4v) is 3.28. The summed E-state index contributed by atoms with van der Waals surface area (Å²) in [7, 11) is 0. The molecule has 1 aromatic heterocycles. The first kappa shape index (κ1) is 18.8. The molecule has 0 aliphatic rings. The highest BCUT2D eigenvalue weighted by Crippen LogP contribution is 2.18. The van der Waals surface area contributed by atoms with Crippen LogP contribution in [0.4, 0.5) is 0 Å². The molecular formula is C19H28BrClN2. The van der Waals surface area contributed by atoms with Crippen LogP contribution in [0.3, 0.4) is 0 Å². The largest absolute Gasteiger partial charge is 0.342 e. The Bertz CT molecular complexity index is 582. The Hall–Kier alpha value is -0.540. The third-order valence-electron chi connectivity index (χ3n) is 4.25. The Morgan fingerprint density at radius 1 is 1.13 bits per heavy atom. The lowest BCUT2D eigenvalue weighted by molar-refractivity contribution is 0.589. The van der Waals surface area contributed by atoms with E-state index in [-0.39, 0.29) is 5.38 Å². The summed E-state index contributed by atoms with van der Waals surface area (Å²) in [6.45, 7) is 2.27. The van der Waals surface area contributed by atoms with Crippen LogP contribution < -0.4 is 0 Å². The number of alkyl halides is 2. The molecule has 0 fully saturated rings. The van der Waals surface area contributed by atoms with Gasteiger partial charge in [0.05, 0.1) is 16.4 Å². The van der Waals surface area contributed by atoms with E-state index in [0.29, 0.717) is 0 Å². The topological polar surface area (TPSA) is 28.7 Å². The molecule has 1 aromatic carbocycles. The first-order valence-electron chi connectivity index (χ1n) is 8.90. The number of unbranched alkanes of at least 4 members (excludes halogenated alkanes) is 6. The van der Waals surface area contributed by atoms with Crippen LogP contribution in [0.1, 0.15) is 63.3 Å². The van der Waals surface area contributed by atoms with Crippen LogP contribution in [-0.2, 0) is 12.8 Å². The van der Waals surface area contributed by atoms with Crippen molar-refractivity contribution in [3.05, 3.63) is 29.6 Å². The summed E-state index contributed by atoms with van der Waals surface area (Å²) in [6.07, 6.45) is 11.4. The SMILES string of the molecule is CCCCCCCCCc1ccc2[nH]c(CC(Cl)CBr)nc2c1. The molecule has 2 aromatic rings. The zero-order valence-corrected chi connectivity index (χ0v) is 16.4. The summed E-state index contributed by atoms with van der Waals surface area (Å²) in [5.74, 6) is 0.979. The number of fused-ring (bicyclic) bond motifs is 1. The van der Waals surface area contributed by atoms with E-state index in [9.17, 15) is 0 Å². The molecule has 0 amide bonds. The maximum Gasteiger partial charge on any atom is 0.108 e. The van der Waals surface area contributed by atoms with E-state index in [0.717, 1.165) is 35.0 Å². The molecule has 4 heteroatoms. The molecule has 0 aliphatic carbocycles. The number of aromatic nitrogens is 2. The van der Waals surface area contributed by atoms with Crippen molar-refractivity contribution in [1.29, 1.82) is 0 Å². The first-order chi connectivity index (χ1) is 11.2. The summed E-state index contributed by atoms with van der Waals surface area (Å²) in [5.41, 5.74) is 3.58.